The first-order valence-electron chi connectivity index (χ1n) is 11.1. The molecule has 5 nitrogen and oxygen atoms in total. The topological polar surface area (TPSA) is 70.0 Å². The van der Waals surface area contributed by atoms with Crippen molar-refractivity contribution in [2.24, 2.45) is 4.99 Å². The molecule has 0 saturated carbocycles. The Kier molecular flexibility index (Phi) is 6.79. The van der Waals surface area contributed by atoms with Gasteiger partial charge in [0.25, 0.3) is 5.91 Å². The Labute approximate surface area is 193 Å². The minimum atomic E-state index is -0.952. The van der Waals surface area contributed by atoms with Crippen molar-refractivity contribution in [1.29, 1.82) is 0 Å². The van der Waals surface area contributed by atoms with Crippen LogP contribution in [0, 0.1) is 0 Å². The number of hydrogen-bond donors (Lipinski definition) is 1. The number of hydrogen-bond acceptors (Lipinski definition) is 3. The van der Waals surface area contributed by atoms with Gasteiger partial charge in [-0.25, -0.2) is 9.79 Å². The molecule has 5 heteroatoms. The van der Waals surface area contributed by atoms with Gasteiger partial charge >= 0.3 is 5.97 Å². The zero-order chi connectivity index (χ0) is 23.2. The van der Waals surface area contributed by atoms with Crippen molar-refractivity contribution < 1.29 is 14.7 Å². The first-order chi connectivity index (χ1) is 16.1. The molecule has 1 aliphatic heterocycles. The highest BCUT2D eigenvalue weighted by atomic mass is 16.4. The molecule has 0 spiro atoms. The minimum Gasteiger partial charge on any atom is -0.478 e. The second-order valence-electron chi connectivity index (χ2n) is 8.01. The standard InChI is InChI=1S/C28H26N2O3/c1-2-3-13-26-29-25(18-20-9-5-4-6-10-20)27(31)30(26)19-21-14-16-22(17-15-21)23-11-7-8-12-24(23)28(32)33/h4-12,14-18H,2-3,13,19H2,1H3,(H,32,33)/b25-18+. The third-order valence-corrected chi connectivity index (χ3v) is 5.65. The number of benzene rings is 3. The zero-order valence-electron chi connectivity index (χ0n) is 18.6. The first kappa shape index (κ1) is 22.2. The van der Waals surface area contributed by atoms with E-state index in [0.717, 1.165) is 41.8 Å². The molecule has 3 aromatic carbocycles. The van der Waals surface area contributed by atoms with Crippen LogP contribution in [0.1, 0.15) is 47.7 Å². The largest absolute Gasteiger partial charge is 0.478 e. The zero-order valence-corrected chi connectivity index (χ0v) is 18.6. The molecule has 0 atom stereocenters. The number of rotatable bonds is 8. The highest BCUT2D eigenvalue weighted by Crippen LogP contribution is 2.26. The Morgan fingerprint density at radius 2 is 1.67 bits per heavy atom. The molecule has 0 aromatic heterocycles. The van der Waals surface area contributed by atoms with Crippen LogP contribution in [-0.2, 0) is 11.3 Å². The summed E-state index contributed by atoms with van der Waals surface area (Å²) < 4.78 is 0. The van der Waals surface area contributed by atoms with E-state index in [9.17, 15) is 14.7 Å². The molecule has 0 bridgehead atoms. The van der Waals surface area contributed by atoms with Crippen molar-refractivity contribution >= 4 is 23.8 Å². The Bertz CT molecular complexity index is 1210. The maximum Gasteiger partial charge on any atom is 0.336 e. The molecule has 3 aromatic rings. The van der Waals surface area contributed by atoms with Gasteiger partial charge in [-0.15, -0.1) is 0 Å². The van der Waals surface area contributed by atoms with E-state index in [4.69, 9.17) is 0 Å². The monoisotopic (exact) mass is 438 g/mol. The van der Waals surface area contributed by atoms with E-state index in [1.165, 1.54) is 0 Å². The predicted octanol–water partition coefficient (Wildman–Crippen LogP) is 6.02. The smallest absolute Gasteiger partial charge is 0.336 e. The number of amides is 1. The van der Waals surface area contributed by atoms with Gasteiger partial charge < -0.3 is 5.11 Å². The number of unbranched alkanes of at least 4 members (excludes halogenated alkanes) is 1. The summed E-state index contributed by atoms with van der Waals surface area (Å²) in [4.78, 5) is 31.1. The van der Waals surface area contributed by atoms with Gasteiger partial charge in [0, 0.05) is 6.42 Å². The van der Waals surface area contributed by atoms with Gasteiger partial charge in [0.05, 0.1) is 12.1 Å². The fraction of sp³-hybridized carbons (Fsp3) is 0.179. The molecule has 0 aliphatic carbocycles. The maximum atomic E-state index is 13.2. The van der Waals surface area contributed by atoms with Crippen molar-refractivity contribution in [2.75, 3.05) is 0 Å². The third-order valence-electron chi connectivity index (χ3n) is 5.65. The summed E-state index contributed by atoms with van der Waals surface area (Å²) in [5.74, 6) is -0.249. The van der Waals surface area contributed by atoms with Gasteiger partial charge in [-0.3, -0.25) is 9.69 Å². The number of aliphatic imine (C=N–C) groups is 1. The van der Waals surface area contributed by atoms with Gasteiger partial charge in [0.2, 0.25) is 0 Å². The van der Waals surface area contributed by atoms with Crippen LogP contribution in [0.25, 0.3) is 17.2 Å². The minimum absolute atomic E-state index is 0.0924. The van der Waals surface area contributed by atoms with Crippen LogP contribution < -0.4 is 0 Å². The molecule has 1 aliphatic rings. The lowest BCUT2D eigenvalue weighted by Gasteiger charge is -2.18. The van der Waals surface area contributed by atoms with E-state index in [2.05, 4.69) is 11.9 Å². The number of amidine groups is 1. The lowest BCUT2D eigenvalue weighted by molar-refractivity contribution is -0.123. The van der Waals surface area contributed by atoms with Gasteiger partial charge in [0.1, 0.15) is 11.5 Å². The molecule has 1 N–H and O–H groups in total. The highest BCUT2D eigenvalue weighted by molar-refractivity contribution is 6.14. The van der Waals surface area contributed by atoms with Gasteiger partial charge in [-0.05, 0) is 40.8 Å². The van der Waals surface area contributed by atoms with E-state index in [-0.39, 0.29) is 11.5 Å². The summed E-state index contributed by atoms with van der Waals surface area (Å²) >= 11 is 0. The van der Waals surface area contributed by atoms with Crippen LogP contribution in [0.4, 0.5) is 0 Å². The summed E-state index contributed by atoms with van der Waals surface area (Å²) in [5.41, 5.74) is 4.14. The van der Waals surface area contributed by atoms with E-state index in [1.54, 1.807) is 23.1 Å². The molecule has 166 valence electrons. The molecular formula is C28H26N2O3. The molecule has 1 heterocycles. The quantitative estimate of drug-likeness (QED) is 0.437. The summed E-state index contributed by atoms with van der Waals surface area (Å²) in [6.45, 7) is 2.55. The Morgan fingerprint density at radius 3 is 2.36 bits per heavy atom. The van der Waals surface area contributed by atoms with E-state index >= 15 is 0 Å². The Hall–Kier alpha value is -3.99. The maximum absolute atomic E-state index is 13.2. The van der Waals surface area contributed by atoms with E-state index in [0.29, 0.717) is 17.8 Å². The summed E-state index contributed by atoms with van der Waals surface area (Å²) in [6.07, 6.45) is 4.57. The molecule has 0 saturated heterocycles. The van der Waals surface area contributed by atoms with Gasteiger partial charge in [0.15, 0.2) is 0 Å². The summed E-state index contributed by atoms with van der Waals surface area (Å²) in [7, 11) is 0. The number of carbonyl (C=O) groups is 2. The van der Waals surface area contributed by atoms with Gasteiger partial charge in [-0.2, -0.15) is 0 Å². The fourth-order valence-corrected chi connectivity index (χ4v) is 3.89. The SMILES string of the molecule is CCCCC1=N/C(=C/c2ccccc2)C(=O)N1Cc1ccc(-c2ccccc2C(=O)O)cc1. The lowest BCUT2D eigenvalue weighted by atomic mass is 9.98. The number of nitrogens with zero attached hydrogens (tertiary/aromatic N) is 2. The first-order valence-corrected chi connectivity index (χ1v) is 11.1. The lowest BCUT2D eigenvalue weighted by Crippen LogP contribution is -2.31. The molecule has 33 heavy (non-hydrogen) atoms. The third kappa shape index (κ3) is 5.09. The predicted molar refractivity (Wildman–Crippen MR) is 131 cm³/mol. The van der Waals surface area contributed by atoms with E-state index < -0.39 is 5.97 Å². The molecular weight excluding hydrogens is 412 g/mol. The summed E-state index contributed by atoms with van der Waals surface area (Å²) in [5, 5.41) is 9.47. The Balaban J connectivity index is 1.57. The second kappa shape index (κ2) is 10.1. The molecule has 1 amide bonds. The Morgan fingerprint density at radius 1 is 0.970 bits per heavy atom. The van der Waals surface area contributed by atoms with Crippen molar-refractivity contribution in [2.45, 2.75) is 32.7 Å². The van der Waals surface area contributed by atoms with Crippen molar-refractivity contribution in [3.05, 3.63) is 101 Å². The van der Waals surface area contributed by atoms with Crippen LogP contribution in [0.15, 0.2) is 89.6 Å². The summed E-state index contributed by atoms with van der Waals surface area (Å²) in [6, 6.07) is 24.4. The number of carboxylic acid groups (broad SMARTS) is 1. The average Bonchev–Trinajstić information content (AvgIpc) is 3.13. The van der Waals surface area contributed by atoms with Crippen LogP contribution in [-0.4, -0.2) is 27.7 Å². The van der Waals surface area contributed by atoms with E-state index in [1.807, 2.05) is 66.7 Å². The molecule has 0 radical (unpaired) electrons. The molecule has 4 rings (SSSR count). The van der Waals surface area contributed by atoms with Crippen molar-refractivity contribution in [1.82, 2.24) is 4.90 Å². The van der Waals surface area contributed by atoms with Crippen LogP contribution in [0.5, 0.6) is 0 Å². The molecule has 0 unspecified atom stereocenters. The number of carbonyl (C=O) groups excluding carboxylic acids is 1. The van der Waals surface area contributed by atoms with Gasteiger partial charge in [-0.1, -0.05) is 86.1 Å². The van der Waals surface area contributed by atoms with Crippen LogP contribution in [0.2, 0.25) is 0 Å². The fourth-order valence-electron chi connectivity index (χ4n) is 3.89. The normalized spacial score (nSPS) is 14.6. The van der Waals surface area contributed by atoms with Crippen molar-refractivity contribution in [3.8, 4) is 11.1 Å². The van der Waals surface area contributed by atoms with Crippen LogP contribution in [0.3, 0.4) is 0 Å². The van der Waals surface area contributed by atoms with Crippen molar-refractivity contribution in [3.63, 3.8) is 0 Å². The number of aromatic carboxylic acids is 1. The second-order valence-corrected chi connectivity index (χ2v) is 8.01. The van der Waals surface area contributed by atoms with Crippen LogP contribution >= 0.6 is 0 Å². The number of carboxylic acids is 1. The molecule has 0 fully saturated rings. The average molecular weight is 439 g/mol. The highest BCUT2D eigenvalue weighted by Gasteiger charge is 2.29.